The van der Waals surface area contributed by atoms with Gasteiger partial charge in [0.2, 0.25) is 11.8 Å². The molecule has 1 rings (SSSR count). The van der Waals surface area contributed by atoms with Gasteiger partial charge in [-0.05, 0) is 39.5 Å². The molecule has 0 spiro atoms. The van der Waals surface area contributed by atoms with Crippen molar-refractivity contribution < 1.29 is 29.4 Å². The van der Waals surface area contributed by atoms with E-state index < -0.39 is 47.2 Å². The molecule has 1 saturated heterocycles. The van der Waals surface area contributed by atoms with Gasteiger partial charge in [0.1, 0.15) is 18.1 Å². The molecule has 5 N–H and O–H groups in total. The summed E-state index contributed by atoms with van der Waals surface area (Å²) in [5.41, 5.74) is 1.61. The molecule has 10 nitrogen and oxygen atoms in total. The number of hydrogen-bond donors (Lipinski definition) is 5. The van der Waals surface area contributed by atoms with Crippen LogP contribution in [0.1, 0.15) is 47.5 Å². The third kappa shape index (κ3) is 6.16. The lowest BCUT2D eigenvalue weighted by Crippen LogP contribution is -2.61. The molecule has 10 heteroatoms. The predicted octanol–water partition coefficient (Wildman–Crippen LogP) is -0.769. The van der Waals surface area contributed by atoms with Crippen LogP contribution in [0.15, 0.2) is 0 Å². The maximum atomic E-state index is 12.6. The van der Waals surface area contributed by atoms with Gasteiger partial charge in [0.15, 0.2) is 0 Å². The normalized spacial score (nSPS) is 19.7. The average Bonchev–Trinajstić information content (AvgIpc) is 2.64. The zero-order chi connectivity index (χ0) is 21.6. The number of nitrogens with zero attached hydrogens (tertiary/aromatic N) is 1. The monoisotopic (exact) mass is 400 g/mol. The minimum atomic E-state index is -1.04. The molecule has 0 aliphatic carbocycles. The topological polar surface area (TPSA) is 148 Å². The Bertz CT molecular complexity index is 607. The van der Waals surface area contributed by atoms with Crippen LogP contribution in [-0.4, -0.2) is 70.2 Å². The Morgan fingerprint density at radius 2 is 1.79 bits per heavy atom. The van der Waals surface area contributed by atoms with E-state index in [0.29, 0.717) is 19.4 Å². The molecular weight excluding hydrogens is 368 g/mol. The fourth-order valence-corrected chi connectivity index (χ4v) is 2.67. The zero-order valence-corrected chi connectivity index (χ0v) is 17.1. The highest BCUT2D eigenvalue weighted by Gasteiger charge is 2.34. The third-order valence-corrected chi connectivity index (χ3v) is 4.73. The molecule has 1 fully saturated rings. The number of aliphatic hydroxyl groups is 1. The van der Waals surface area contributed by atoms with Crippen LogP contribution in [0.25, 0.3) is 0 Å². The molecule has 160 valence electrons. The zero-order valence-electron chi connectivity index (χ0n) is 17.1. The van der Waals surface area contributed by atoms with E-state index in [1.54, 1.807) is 27.7 Å². The SMILES string of the molecule is CC(C)[C@H](NC(=O)C(C)(C)CO)C(=O)N[C@@H](C)C(=O)N1CCC[C@H](C(=O)O)N1. The fraction of sp³-hybridized carbons (Fsp3) is 0.778. The number of hydrazine groups is 1. The highest BCUT2D eigenvalue weighted by atomic mass is 16.4. The summed E-state index contributed by atoms with van der Waals surface area (Å²) in [5, 5.41) is 24.8. The molecule has 1 heterocycles. The van der Waals surface area contributed by atoms with E-state index in [-0.39, 0.29) is 12.5 Å². The average molecular weight is 400 g/mol. The molecule has 3 amide bonds. The van der Waals surface area contributed by atoms with Gasteiger partial charge in [0.25, 0.3) is 5.91 Å². The quantitative estimate of drug-likeness (QED) is 0.359. The second-order valence-corrected chi connectivity index (χ2v) is 8.12. The second-order valence-electron chi connectivity index (χ2n) is 8.12. The molecule has 0 saturated carbocycles. The maximum absolute atomic E-state index is 12.6. The van der Waals surface area contributed by atoms with E-state index in [0.717, 1.165) is 0 Å². The summed E-state index contributed by atoms with van der Waals surface area (Å²) in [6.07, 6.45) is 0.958. The number of carboxylic acid groups (broad SMARTS) is 1. The van der Waals surface area contributed by atoms with Gasteiger partial charge in [0, 0.05) is 6.54 Å². The Balaban J connectivity index is 2.75. The molecule has 0 aromatic rings. The van der Waals surface area contributed by atoms with Gasteiger partial charge in [-0.15, -0.1) is 0 Å². The maximum Gasteiger partial charge on any atom is 0.322 e. The van der Waals surface area contributed by atoms with Gasteiger partial charge >= 0.3 is 5.97 Å². The number of amides is 3. The largest absolute Gasteiger partial charge is 0.480 e. The predicted molar refractivity (Wildman–Crippen MR) is 101 cm³/mol. The number of aliphatic hydroxyl groups excluding tert-OH is 1. The Labute approximate surface area is 165 Å². The van der Waals surface area contributed by atoms with Crippen LogP contribution < -0.4 is 16.1 Å². The number of carboxylic acids is 1. The van der Waals surface area contributed by atoms with E-state index in [1.807, 2.05) is 0 Å². The van der Waals surface area contributed by atoms with E-state index in [2.05, 4.69) is 16.1 Å². The lowest BCUT2D eigenvalue weighted by atomic mass is 9.92. The van der Waals surface area contributed by atoms with Gasteiger partial charge in [0.05, 0.1) is 12.0 Å². The highest BCUT2D eigenvalue weighted by molar-refractivity contribution is 5.93. The molecule has 0 radical (unpaired) electrons. The van der Waals surface area contributed by atoms with E-state index >= 15 is 0 Å². The molecule has 28 heavy (non-hydrogen) atoms. The first-order valence-electron chi connectivity index (χ1n) is 9.43. The molecule has 0 aromatic heterocycles. The molecule has 1 aliphatic heterocycles. The number of rotatable bonds is 8. The Morgan fingerprint density at radius 3 is 2.29 bits per heavy atom. The van der Waals surface area contributed by atoms with Crippen molar-refractivity contribution in [3.05, 3.63) is 0 Å². The second kappa shape index (κ2) is 9.83. The number of hydrogen-bond acceptors (Lipinski definition) is 6. The first kappa shape index (κ1) is 23.8. The van der Waals surface area contributed by atoms with Crippen LogP contribution in [0.2, 0.25) is 0 Å². The van der Waals surface area contributed by atoms with Crippen LogP contribution in [0.5, 0.6) is 0 Å². The molecule has 3 atom stereocenters. The van der Waals surface area contributed by atoms with Crippen molar-refractivity contribution in [3.63, 3.8) is 0 Å². The van der Waals surface area contributed by atoms with Crippen molar-refractivity contribution in [2.45, 2.75) is 65.6 Å². The van der Waals surface area contributed by atoms with Gasteiger partial charge in [-0.2, -0.15) is 0 Å². The summed E-state index contributed by atoms with van der Waals surface area (Å²) in [6, 6.07) is -2.63. The third-order valence-electron chi connectivity index (χ3n) is 4.73. The number of carbonyl (C=O) groups excluding carboxylic acids is 3. The fourth-order valence-electron chi connectivity index (χ4n) is 2.67. The first-order chi connectivity index (χ1) is 12.9. The Kier molecular flexibility index (Phi) is 8.37. The summed E-state index contributed by atoms with van der Waals surface area (Å²) < 4.78 is 0. The summed E-state index contributed by atoms with van der Waals surface area (Å²) in [4.78, 5) is 48.6. The minimum Gasteiger partial charge on any atom is -0.480 e. The molecule has 1 aliphatic rings. The van der Waals surface area contributed by atoms with Gasteiger partial charge in [-0.25, -0.2) is 5.43 Å². The van der Waals surface area contributed by atoms with Crippen LogP contribution >= 0.6 is 0 Å². The van der Waals surface area contributed by atoms with E-state index in [1.165, 1.54) is 11.9 Å². The number of nitrogens with one attached hydrogen (secondary N) is 3. The summed E-state index contributed by atoms with van der Waals surface area (Å²) >= 11 is 0. The summed E-state index contributed by atoms with van der Waals surface area (Å²) in [7, 11) is 0. The van der Waals surface area contributed by atoms with Gasteiger partial charge in [-0.1, -0.05) is 13.8 Å². The molecule has 0 unspecified atom stereocenters. The van der Waals surface area contributed by atoms with Crippen LogP contribution in [0, 0.1) is 11.3 Å². The van der Waals surface area contributed by atoms with Gasteiger partial charge in [-0.3, -0.25) is 24.2 Å². The minimum absolute atomic E-state index is 0.245. The Morgan fingerprint density at radius 1 is 1.18 bits per heavy atom. The van der Waals surface area contributed by atoms with Crippen molar-refractivity contribution >= 4 is 23.7 Å². The first-order valence-corrected chi connectivity index (χ1v) is 9.43. The molecule has 0 aromatic carbocycles. The summed E-state index contributed by atoms with van der Waals surface area (Å²) in [6.45, 7) is 8.11. The summed E-state index contributed by atoms with van der Waals surface area (Å²) in [5.74, 6) is -2.73. The van der Waals surface area contributed by atoms with Crippen molar-refractivity contribution in [3.8, 4) is 0 Å². The lowest BCUT2D eigenvalue weighted by molar-refractivity contribution is -0.148. The van der Waals surface area contributed by atoms with Gasteiger partial charge < -0.3 is 20.8 Å². The van der Waals surface area contributed by atoms with Crippen LogP contribution in [-0.2, 0) is 19.2 Å². The van der Waals surface area contributed by atoms with Crippen molar-refractivity contribution in [2.24, 2.45) is 11.3 Å². The van der Waals surface area contributed by atoms with E-state index in [4.69, 9.17) is 5.11 Å². The highest BCUT2D eigenvalue weighted by Crippen LogP contribution is 2.15. The number of carbonyl (C=O) groups is 4. The molecule has 0 bridgehead atoms. The van der Waals surface area contributed by atoms with Crippen LogP contribution in [0.3, 0.4) is 0 Å². The Hall–Kier alpha value is -2.20. The lowest BCUT2D eigenvalue weighted by Gasteiger charge is -2.34. The standard InChI is InChI=1S/C18H32N4O6/c1-10(2)13(20-17(28)18(4,5)9-23)14(24)19-11(3)15(25)22-8-6-7-12(21-22)16(26)27/h10-13,21,23H,6-9H2,1-5H3,(H,19,24)(H,20,28)(H,26,27)/t11-,12+,13-/m0/s1. The van der Waals surface area contributed by atoms with E-state index in [9.17, 15) is 24.3 Å². The smallest absolute Gasteiger partial charge is 0.322 e. The molecular formula is C18H32N4O6. The van der Waals surface area contributed by atoms with Crippen molar-refractivity contribution in [1.29, 1.82) is 0 Å². The van der Waals surface area contributed by atoms with Crippen LogP contribution in [0.4, 0.5) is 0 Å². The van der Waals surface area contributed by atoms with Crippen molar-refractivity contribution in [2.75, 3.05) is 13.2 Å². The number of aliphatic carboxylic acids is 1. The van der Waals surface area contributed by atoms with Crippen molar-refractivity contribution in [1.82, 2.24) is 21.1 Å².